The van der Waals surface area contributed by atoms with Crippen LogP contribution in [0.5, 0.6) is 17.4 Å². The molecular weight excluding hydrogens is 401 g/mol. The van der Waals surface area contributed by atoms with E-state index in [-0.39, 0.29) is 29.3 Å². The number of fused-ring (bicyclic) bond motifs is 1. The van der Waals surface area contributed by atoms with E-state index in [2.05, 4.69) is 15.3 Å². The van der Waals surface area contributed by atoms with Crippen LogP contribution in [0, 0.1) is 17.6 Å². The van der Waals surface area contributed by atoms with Crippen molar-refractivity contribution in [2.75, 3.05) is 5.32 Å². The van der Waals surface area contributed by atoms with E-state index in [1.54, 1.807) is 6.07 Å². The predicted molar refractivity (Wildman–Crippen MR) is 101 cm³/mol. The summed E-state index contributed by atoms with van der Waals surface area (Å²) in [6, 6.07) is 5.78. The summed E-state index contributed by atoms with van der Waals surface area (Å²) in [5.41, 5.74) is -0.619. The standard InChI is InChI=1S/C20H17F3N4O3/c1-20(2)10-27-16(26-20)8-17(25-19(27)28)29-9-11-5-13(21)18(14(22)6-11)30-12-3-4-24-15(23)7-12/h3-8,26H,9-10H2,1-2H3. The maximum absolute atomic E-state index is 14.3. The molecule has 0 spiro atoms. The van der Waals surface area contributed by atoms with E-state index < -0.39 is 29.0 Å². The van der Waals surface area contributed by atoms with Crippen molar-refractivity contribution in [2.24, 2.45) is 0 Å². The molecule has 3 aromatic rings. The zero-order chi connectivity index (χ0) is 21.5. The number of benzene rings is 1. The first kappa shape index (κ1) is 19.7. The van der Waals surface area contributed by atoms with Gasteiger partial charge in [0.05, 0.1) is 12.1 Å². The molecule has 0 amide bonds. The summed E-state index contributed by atoms with van der Waals surface area (Å²) in [6.45, 7) is 4.12. The molecule has 0 saturated heterocycles. The van der Waals surface area contributed by atoms with Crippen molar-refractivity contribution >= 4 is 5.82 Å². The Morgan fingerprint density at radius 2 is 1.90 bits per heavy atom. The van der Waals surface area contributed by atoms with Crippen LogP contribution in [0.25, 0.3) is 0 Å². The molecule has 1 aliphatic rings. The summed E-state index contributed by atoms with van der Waals surface area (Å²) in [6.07, 6.45) is 1.12. The largest absolute Gasteiger partial charge is 0.473 e. The first-order valence-electron chi connectivity index (χ1n) is 9.00. The van der Waals surface area contributed by atoms with Crippen LogP contribution in [0.3, 0.4) is 0 Å². The van der Waals surface area contributed by atoms with Gasteiger partial charge in [0.25, 0.3) is 0 Å². The van der Waals surface area contributed by atoms with E-state index in [0.29, 0.717) is 12.4 Å². The third kappa shape index (κ3) is 4.07. The van der Waals surface area contributed by atoms with E-state index in [4.69, 9.17) is 9.47 Å². The lowest BCUT2D eigenvalue weighted by atomic mass is 10.1. The van der Waals surface area contributed by atoms with Gasteiger partial charge in [-0.15, -0.1) is 0 Å². The molecule has 4 rings (SSSR count). The van der Waals surface area contributed by atoms with Gasteiger partial charge < -0.3 is 14.8 Å². The SMILES string of the molecule is CC1(C)Cn2c(cc(OCc3cc(F)c(Oc4ccnc(F)c4)c(F)c3)nc2=O)N1. The fourth-order valence-electron chi connectivity index (χ4n) is 3.11. The lowest BCUT2D eigenvalue weighted by molar-refractivity contribution is 0.289. The van der Waals surface area contributed by atoms with Crippen molar-refractivity contribution in [3.05, 3.63) is 70.2 Å². The highest BCUT2D eigenvalue weighted by Crippen LogP contribution is 2.30. The number of aromatic nitrogens is 3. The lowest BCUT2D eigenvalue weighted by Gasteiger charge is -2.16. The van der Waals surface area contributed by atoms with E-state index in [9.17, 15) is 18.0 Å². The maximum atomic E-state index is 14.3. The summed E-state index contributed by atoms with van der Waals surface area (Å²) in [5, 5.41) is 3.18. The van der Waals surface area contributed by atoms with E-state index in [0.717, 1.165) is 24.4 Å². The number of rotatable bonds is 5. The second-order valence-corrected chi connectivity index (χ2v) is 7.45. The molecule has 0 saturated carbocycles. The number of hydrogen-bond acceptors (Lipinski definition) is 6. The third-order valence-corrected chi connectivity index (χ3v) is 4.37. The molecule has 0 bridgehead atoms. The Kier molecular flexibility index (Phi) is 4.84. The molecule has 7 nitrogen and oxygen atoms in total. The Bertz CT molecular complexity index is 1160. The van der Waals surface area contributed by atoms with Gasteiger partial charge in [-0.25, -0.2) is 18.6 Å². The monoisotopic (exact) mass is 418 g/mol. The van der Waals surface area contributed by atoms with Crippen molar-refractivity contribution in [1.82, 2.24) is 14.5 Å². The Hall–Kier alpha value is -3.56. The van der Waals surface area contributed by atoms with Gasteiger partial charge in [-0.2, -0.15) is 9.37 Å². The molecule has 10 heteroatoms. The Balaban J connectivity index is 1.50. The zero-order valence-corrected chi connectivity index (χ0v) is 16.1. The van der Waals surface area contributed by atoms with Crippen molar-refractivity contribution in [3.63, 3.8) is 0 Å². The average Bonchev–Trinajstić information content (AvgIpc) is 2.98. The Morgan fingerprint density at radius 3 is 2.60 bits per heavy atom. The maximum Gasteiger partial charge on any atom is 0.352 e. The summed E-state index contributed by atoms with van der Waals surface area (Å²) < 4.78 is 53.8. The van der Waals surface area contributed by atoms with Gasteiger partial charge in [-0.1, -0.05) is 0 Å². The summed E-state index contributed by atoms with van der Waals surface area (Å²) >= 11 is 0. The van der Waals surface area contributed by atoms with Crippen LogP contribution in [0.1, 0.15) is 19.4 Å². The van der Waals surface area contributed by atoms with Crippen molar-refractivity contribution in [3.8, 4) is 17.4 Å². The molecule has 0 radical (unpaired) electrons. The highest BCUT2D eigenvalue weighted by molar-refractivity contribution is 5.45. The van der Waals surface area contributed by atoms with Crippen LogP contribution in [-0.2, 0) is 13.2 Å². The van der Waals surface area contributed by atoms with E-state index in [1.807, 2.05) is 13.8 Å². The number of ether oxygens (including phenoxy) is 2. The van der Waals surface area contributed by atoms with Gasteiger partial charge >= 0.3 is 5.69 Å². The first-order valence-corrected chi connectivity index (χ1v) is 9.00. The van der Waals surface area contributed by atoms with Crippen molar-refractivity contribution < 1.29 is 22.6 Å². The minimum Gasteiger partial charge on any atom is -0.473 e. The number of hydrogen-bond donors (Lipinski definition) is 1. The molecule has 0 atom stereocenters. The van der Waals surface area contributed by atoms with Gasteiger partial charge in [0.1, 0.15) is 18.2 Å². The van der Waals surface area contributed by atoms with Gasteiger partial charge in [-0.3, -0.25) is 4.57 Å². The van der Waals surface area contributed by atoms with E-state index in [1.165, 1.54) is 10.6 Å². The van der Waals surface area contributed by atoms with Crippen LogP contribution in [0.15, 0.2) is 41.3 Å². The van der Waals surface area contributed by atoms with Crippen LogP contribution in [-0.4, -0.2) is 20.1 Å². The molecule has 1 aromatic carbocycles. The molecule has 0 fully saturated rings. The molecular formula is C20H17F3N4O3. The molecule has 1 N–H and O–H groups in total. The molecule has 0 aliphatic carbocycles. The van der Waals surface area contributed by atoms with Gasteiger partial charge in [0.2, 0.25) is 11.8 Å². The van der Waals surface area contributed by atoms with Crippen molar-refractivity contribution in [1.29, 1.82) is 0 Å². The number of anilines is 1. The van der Waals surface area contributed by atoms with Crippen LogP contribution in [0.2, 0.25) is 0 Å². The highest BCUT2D eigenvalue weighted by Gasteiger charge is 2.29. The normalized spacial score (nSPS) is 14.2. The summed E-state index contributed by atoms with van der Waals surface area (Å²) in [4.78, 5) is 19.3. The summed E-state index contributed by atoms with van der Waals surface area (Å²) in [5.74, 6) is -3.00. The molecule has 1 aliphatic heterocycles. The molecule has 2 aromatic heterocycles. The smallest absolute Gasteiger partial charge is 0.352 e. The zero-order valence-electron chi connectivity index (χ0n) is 16.1. The Labute approximate surface area is 169 Å². The number of nitrogens with one attached hydrogen (secondary N) is 1. The van der Waals surface area contributed by atoms with Crippen LogP contribution >= 0.6 is 0 Å². The Morgan fingerprint density at radius 1 is 1.17 bits per heavy atom. The average molecular weight is 418 g/mol. The number of halogens is 3. The van der Waals surface area contributed by atoms with Gasteiger partial charge in [0.15, 0.2) is 17.4 Å². The first-order chi connectivity index (χ1) is 14.2. The quantitative estimate of drug-likeness (QED) is 0.638. The second kappa shape index (κ2) is 7.36. The fraction of sp³-hybridized carbons (Fsp3) is 0.250. The molecule has 30 heavy (non-hydrogen) atoms. The van der Waals surface area contributed by atoms with Crippen LogP contribution in [0.4, 0.5) is 19.0 Å². The molecule has 3 heterocycles. The van der Waals surface area contributed by atoms with Gasteiger partial charge in [-0.05, 0) is 37.6 Å². The number of pyridine rings is 1. The third-order valence-electron chi connectivity index (χ3n) is 4.37. The fourth-order valence-corrected chi connectivity index (χ4v) is 3.11. The second-order valence-electron chi connectivity index (χ2n) is 7.45. The summed E-state index contributed by atoms with van der Waals surface area (Å²) in [7, 11) is 0. The topological polar surface area (TPSA) is 78.3 Å². The minimum atomic E-state index is -0.990. The van der Waals surface area contributed by atoms with Gasteiger partial charge in [0, 0.05) is 18.3 Å². The minimum absolute atomic E-state index is 0.0323. The molecule has 0 unspecified atom stereocenters. The van der Waals surface area contributed by atoms with E-state index >= 15 is 0 Å². The highest BCUT2D eigenvalue weighted by atomic mass is 19.1. The molecule has 156 valence electrons. The lowest BCUT2D eigenvalue weighted by Crippen LogP contribution is -2.30. The predicted octanol–water partition coefficient (Wildman–Crippen LogP) is 3.63. The van der Waals surface area contributed by atoms with Crippen molar-refractivity contribution in [2.45, 2.75) is 32.5 Å². The van der Waals surface area contributed by atoms with Crippen LogP contribution < -0.4 is 20.5 Å². The number of nitrogens with zero attached hydrogens (tertiary/aromatic N) is 3.